The molecule has 1 fully saturated rings. The average Bonchev–Trinajstić information content (AvgIpc) is 2.67. The zero-order chi connectivity index (χ0) is 18.7. The molecule has 1 aromatic rings. The van der Waals surface area contributed by atoms with E-state index in [1.807, 2.05) is 18.7 Å². The number of piperidine rings is 1. The molecule has 1 unspecified atom stereocenters. The Kier molecular flexibility index (Phi) is 5.69. The number of fused-ring (bicyclic) bond motifs is 1. The smallest absolute Gasteiger partial charge is 0.228 e. The lowest BCUT2D eigenvalue weighted by Crippen LogP contribution is -2.47. The van der Waals surface area contributed by atoms with Crippen LogP contribution in [0.25, 0.3) is 0 Å². The first-order valence-corrected chi connectivity index (χ1v) is 10.1. The number of amides is 2. The van der Waals surface area contributed by atoms with Crippen LogP contribution in [-0.4, -0.2) is 29.8 Å². The van der Waals surface area contributed by atoms with Crippen molar-refractivity contribution in [2.75, 3.05) is 13.1 Å². The van der Waals surface area contributed by atoms with E-state index in [1.54, 1.807) is 0 Å². The molecule has 1 atom stereocenters. The highest BCUT2D eigenvalue weighted by atomic mass is 16.2. The predicted molar refractivity (Wildman–Crippen MR) is 104 cm³/mol. The van der Waals surface area contributed by atoms with Crippen LogP contribution in [0.3, 0.4) is 0 Å². The van der Waals surface area contributed by atoms with E-state index in [-0.39, 0.29) is 29.2 Å². The number of hydrogen-bond acceptors (Lipinski definition) is 2. The lowest BCUT2D eigenvalue weighted by Gasteiger charge is -2.37. The van der Waals surface area contributed by atoms with Crippen molar-refractivity contribution >= 4 is 11.8 Å². The number of carbonyl (C=O) groups excluding carboxylic acids is 2. The first-order chi connectivity index (χ1) is 12.4. The summed E-state index contributed by atoms with van der Waals surface area (Å²) < 4.78 is 0. The quantitative estimate of drug-likeness (QED) is 0.891. The van der Waals surface area contributed by atoms with Gasteiger partial charge >= 0.3 is 0 Å². The fraction of sp³-hybridized carbons (Fsp3) is 0.636. The molecule has 142 valence electrons. The number of benzene rings is 1. The zero-order valence-electron chi connectivity index (χ0n) is 16.4. The summed E-state index contributed by atoms with van der Waals surface area (Å²) in [5, 5.41) is 3.29. The van der Waals surface area contributed by atoms with E-state index >= 15 is 0 Å². The molecule has 2 aliphatic rings. The monoisotopic (exact) mass is 356 g/mol. The first-order valence-electron chi connectivity index (χ1n) is 10.1. The van der Waals surface area contributed by atoms with E-state index in [9.17, 15) is 9.59 Å². The summed E-state index contributed by atoms with van der Waals surface area (Å²) in [4.78, 5) is 27.3. The summed E-state index contributed by atoms with van der Waals surface area (Å²) in [7, 11) is 0. The van der Waals surface area contributed by atoms with Gasteiger partial charge in [0.25, 0.3) is 0 Å². The molecule has 0 bridgehead atoms. The van der Waals surface area contributed by atoms with Crippen LogP contribution in [-0.2, 0) is 16.0 Å². The second-order valence-corrected chi connectivity index (χ2v) is 8.46. The lowest BCUT2D eigenvalue weighted by molar-refractivity contribution is -0.143. The maximum Gasteiger partial charge on any atom is 0.228 e. The zero-order valence-corrected chi connectivity index (χ0v) is 16.4. The molecule has 1 aliphatic heterocycles. The molecule has 0 saturated carbocycles. The van der Waals surface area contributed by atoms with Crippen molar-refractivity contribution in [2.24, 2.45) is 11.3 Å². The van der Waals surface area contributed by atoms with Crippen LogP contribution in [0.5, 0.6) is 0 Å². The number of aryl methyl sites for hydroxylation is 1. The fourth-order valence-electron chi connectivity index (χ4n) is 4.12. The van der Waals surface area contributed by atoms with Crippen LogP contribution in [0, 0.1) is 11.3 Å². The highest BCUT2D eigenvalue weighted by Gasteiger charge is 2.34. The molecule has 26 heavy (non-hydrogen) atoms. The second-order valence-electron chi connectivity index (χ2n) is 8.46. The standard InChI is InChI=1S/C22H32N2O2/c1-4-22(2,3)21(26)24-14-12-17(13-15-24)20(25)23-19-11-7-9-16-8-5-6-10-18(16)19/h5-6,8,10,17,19H,4,7,9,11-15H2,1-3H3,(H,23,25). The van der Waals surface area contributed by atoms with Crippen LogP contribution in [0.2, 0.25) is 0 Å². The largest absolute Gasteiger partial charge is 0.349 e. The van der Waals surface area contributed by atoms with Crippen LogP contribution >= 0.6 is 0 Å². The van der Waals surface area contributed by atoms with Gasteiger partial charge < -0.3 is 10.2 Å². The van der Waals surface area contributed by atoms with Crippen molar-refractivity contribution in [3.63, 3.8) is 0 Å². The van der Waals surface area contributed by atoms with Gasteiger partial charge in [-0.25, -0.2) is 0 Å². The van der Waals surface area contributed by atoms with Crippen molar-refractivity contribution in [1.82, 2.24) is 10.2 Å². The molecule has 1 saturated heterocycles. The van der Waals surface area contributed by atoms with Gasteiger partial charge in [0.15, 0.2) is 0 Å². The van der Waals surface area contributed by atoms with Crippen molar-refractivity contribution in [1.29, 1.82) is 0 Å². The third-order valence-electron chi connectivity index (χ3n) is 6.30. The normalized spacial score (nSPS) is 21.2. The Bertz CT molecular complexity index is 660. The number of carbonyl (C=O) groups is 2. The Morgan fingerprint density at radius 3 is 2.54 bits per heavy atom. The van der Waals surface area contributed by atoms with Gasteiger partial charge in [-0.2, -0.15) is 0 Å². The molecule has 1 heterocycles. The maximum atomic E-state index is 12.8. The fourth-order valence-corrected chi connectivity index (χ4v) is 4.12. The summed E-state index contributed by atoms with van der Waals surface area (Å²) in [6.07, 6.45) is 5.63. The molecule has 0 radical (unpaired) electrons. The Morgan fingerprint density at radius 2 is 1.85 bits per heavy atom. The molecule has 1 aromatic carbocycles. The number of likely N-dealkylation sites (tertiary alicyclic amines) is 1. The van der Waals surface area contributed by atoms with Gasteiger partial charge in [0, 0.05) is 24.4 Å². The summed E-state index contributed by atoms with van der Waals surface area (Å²) in [6.45, 7) is 7.46. The van der Waals surface area contributed by atoms with E-state index in [2.05, 4.69) is 36.5 Å². The van der Waals surface area contributed by atoms with E-state index in [0.29, 0.717) is 13.1 Å². The second kappa shape index (κ2) is 7.81. The van der Waals surface area contributed by atoms with E-state index in [0.717, 1.165) is 38.5 Å². The van der Waals surface area contributed by atoms with Crippen molar-refractivity contribution in [2.45, 2.75) is 65.3 Å². The number of rotatable bonds is 4. The van der Waals surface area contributed by atoms with Gasteiger partial charge in [-0.3, -0.25) is 9.59 Å². The topological polar surface area (TPSA) is 49.4 Å². The minimum Gasteiger partial charge on any atom is -0.349 e. The molecular weight excluding hydrogens is 324 g/mol. The molecule has 4 heteroatoms. The molecule has 1 N–H and O–H groups in total. The van der Waals surface area contributed by atoms with Crippen molar-refractivity contribution in [3.8, 4) is 0 Å². The number of hydrogen-bond donors (Lipinski definition) is 1. The lowest BCUT2D eigenvalue weighted by atomic mass is 9.85. The molecular formula is C22H32N2O2. The van der Waals surface area contributed by atoms with Gasteiger partial charge in [0.05, 0.1) is 6.04 Å². The van der Waals surface area contributed by atoms with E-state index < -0.39 is 0 Å². The Hall–Kier alpha value is -1.84. The van der Waals surface area contributed by atoms with Crippen molar-refractivity contribution < 1.29 is 9.59 Å². The SMILES string of the molecule is CCC(C)(C)C(=O)N1CCC(C(=O)NC2CCCc3ccccc32)CC1. The van der Waals surface area contributed by atoms with Crippen LogP contribution < -0.4 is 5.32 Å². The van der Waals surface area contributed by atoms with Crippen LogP contribution in [0.4, 0.5) is 0 Å². The minimum absolute atomic E-state index is 0.0258. The third-order valence-corrected chi connectivity index (χ3v) is 6.30. The minimum atomic E-state index is -0.305. The summed E-state index contributed by atoms with van der Waals surface area (Å²) in [6, 6.07) is 8.60. The van der Waals surface area contributed by atoms with Gasteiger partial charge in [-0.15, -0.1) is 0 Å². The molecule has 0 aromatic heterocycles. The molecule has 1 aliphatic carbocycles. The van der Waals surface area contributed by atoms with Crippen LogP contribution in [0.15, 0.2) is 24.3 Å². The first kappa shape index (κ1) is 18.9. The summed E-state index contributed by atoms with van der Waals surface area (Å²) in [5.74, 6) is 0.409. The van der Waals surface area contributed by atoms with Gasteiger partial charge in [-0.05, 0) is 49.7 Å². The molecule has 0 spiro atoms. The Balaban J connectivity index is 1.56. The predicted octanol–water partition coefficient (Wildman–Crippen LogP) is 3.86. The maximum absolute atomic E-state index is 12.8. The van der Waals surface area contributed by atoms with Crippen LogP contribution in [0.1, 0.15) is 70.0 Å². The van der Waals surface area contributed by atoms with Crippen molar-refractivity contribution in [3.05, 3.63) is 35.4 Å². The van der Waals surface area contributed by atoms with E-state index in [1.165, 1.54) is 11.1 Å². The number of nitrogens with zero attached hydrogens (tertiary/aromatic N) is 1. The molecule has 4 nitrogen and oxygen atoms in total. The summed E-state index contributed by atoms with van der Waals surface area (Å²) in [5.41, 5.74) is 2.34. The van der Waals surface area contributed by atoms with Gasteiger partial charge in [-0.1, -0.05) is 45.0 Å². The number of nitrogens with one attached hydrogen (secondary N) is 1. The Labute approximate surface area is 157 Å². The van der Waals surface area contributed by atoms with Gasteiger partial charge in [0.1, 0.15) is 0 Å². The average molecular weight is 357 g/mol. The Morgan fingerprint density at radius 1 is 1.15 bits per heavy atom. The highest BCUT2D eigenvalue weighted by molar-refractivity contribution is 5.83. The highest BCUT2D eigenvalue weighted by Crippen LogP contribution is 2.31. The van der Waals surface area contributed by atoms with Gasteiger partial charge in [0.2, 0.25) is 11.8 Å². The molecule has 3 rings (SSSR count). The molecule has 2 amide bonds. The van der Waals surface area contributed by atoms with E-state index in [4.69, 9.17) is 0 Å². The third kappa shape index (κ3) is 3.94. The summed E-state index contributed by atoms with van der Waals surface area (Å²) >= 11 is 0.